The second kappa shape index (κ2) is 15.3. The quantitative estimate of drug-likeness (QED) is 0.285. The predicted octanol–water partition coefficient (Wildman–Crippen LogP) is 2.82. The average molecular weight is 715 g/mol. The molecule has 2 aromatic rings. The van der Waals surface area contributed by atoms with Gasteiger partial charge in [-0.25, -0.2) is 0 Å². The van der Waals surface area contributed by atoms with Gasteiger partial charge in [-0.05, 0) is 17.7 Å². The second-order valence-electron chi connectivity index (χ2n) is 8.60. The van der Waals surface area contributed by atoms with Gasteiger partial charge in [0.1, 0.15) is 0 Å². The maximum atomic E-state index is 13.0. The molecule has 0 aliphatic carbocycles. The standard InChI is InChI=1S/C27H36AtFN2O6/c1-33-23-14-19-6-10-31(18-20(19)15-24(23)34-2)9-5-4-8-30-27(32)22-16-21(28)17-25(35-3)26(22)37-13-12-36-11-7-29/h14-17H,4-13,18H2,1-3H3,(H,30,32)/i28+1. The molecule has 1 heterocycles. The second-order valence-corrected chi connectivity index (χ2v) is 10.3. The SMILES string of the molecule is COc1cc2c(cc1OC)CN(CCCCNC(=O)c1cc([211At])cc(OC)c1OCCOCCF)CC2. The summed E-state index contributed by atoms with van der Waals surface area (Å²) in [6, 6.07) is 7.80. The molecule has 0 spiro atoms. The molecular formula is C27H36AtFN2O6. The van der Waals surface area contributed by atoms with E-state index in [-0.39, 0.29) is 25.7 Å². The average Bonchev–Trinajstić information content (AvgIpc) is 2.91. The van der Waals surface area contributed by atoms with E-state index in [0.717, 1.165) is 53.7 Å². The number of amides is 1. The van der Waals surface area contributed by atoms with Crippen molar-refractivity contribution in [3.05, 3.63) is 41.0 Å². The minimum atomic E-state index is -0.543. The van der Waals surface area contributed by atoms with Crippen LogP contribution in [0.4, 0.5) is 4.39 Å². The fourth-order valence-corrected chi connectivity index (χ4v) is 5.10. The van der Waals surface area contributed by atoms with Gasteiger partial charge in [-0.1, -0.05) is 0 Å². The van der Waals surface area contributed by atoms with Gasteiger partial charge in [0, 0.05) is 0 Å². The molecule has 2 aromatic carbocycles. The van der Waals surface area contributed by atoms with Gasteiger partial charge in [-0.2, -0.15) is 0 Å². The number of ether oxygens (including phenoxy) is 5. The van der Waals surface area contributed by atoms with Gasteiger partial charge < -0.3 is 9.47 Å². The molecule has 0 radical (unpaired) electrons. The number of fused-ring (bicyclic) bond motifs is 1. The van der Waals surface area contributed by atoms with Gasteiger partial charge in [0.15, 0.2) is 11.5 Å². The van der Waals surface area contributed by atoms with Crippen LogP contribution in [0.5, 0.6) is 23.0 Å². The van der Waals surface area contributed by atoms with Crippen molar-refractivity contribution in [2.45, 2.75) is 25.8 Å². The van der Waals surface area contributed by atoms with Gasteiger partial charge in [-0.15, -0.1) is 0 Å². The number of alkyl halides is 1. The molecule has 0 aromatic heterocycles. The number of methoxy groups -OCH3 is 3. The van der Waals surface area contributed by atoms with Crippen LogP contribution in [0.1, 0.15) is 34.3 Å². The molecule has 8 nitrogen and oxygen atoms in total. The Morgan fingerprint density at radius 3 is 2.41 bits per heavy atom. The van der Waals surface area contributed by atoms with Gasteiger partial charge >= 0.3 is 181 Å². The molecule has 0 saturated heterocycles. The molecule has 1 N–H and O–H groups in total. The van der Waals surface area contributed by atoms with Gasteiger partial charge in [-0.3, -0.25) is 0 Å². The summed E-state index contributed by atoms with van der Waals surface area (Å²) in [4.78, 5) is 15.4. The molecule has 0 bridgehead atoms. The number of hydrogen-bond acceptors (Lipinski definition) is 7. The van der Waals surface area contributed by atoms with Crippen molar-refractivity contribution in [3.8, 4) is 23.0 Å². The number of nitrogens with one attached hydrogen (secondary N) is 1. The Kier molecular flexibility index (Phi) is 12.2. The fourth-order valence-electron chi connectivity index (χ4n) is 4.29. The monoisotopic (exact) mass is 714 g/mol. The third-order valence-corrected chi connectivity index (χ3v) is 7.01. The number of nitrogens with zero attached hydrogens (tertiary/aromatic N) is 1. The predicted molar refractivity (Wildman–Crippen MR) is 135 cm³/mol. The molecule has 3 rings (SSSR count). The van der Waals surface area contributed by atoms with E-state index in [1.54, 1.807) is 27.4 Å². The molecule has 204 valence electrons. The Labute approximate surface area is 233 Å². The first-order valence-electron chi connectivity index (χ1n) is 12.4. The number of unbranched alkanes of at least 4 members (excludes halogenated alkanes) is 1. The third kappa shape index (κ3) is 8.42. The summed E-state index contributed by atoms with van der Waals surface area (Å²) >= 11 is 1.45. The van der Waals surface area contributed by atoms with E-state index in [2.05, 4.69) is 22.3 Å². The Balaban J connectivity index is 1.48. The zero-order valence-corrected chi connectivity index (χ0v) is 24.7. The number of rotatable bonds is 15. The van der Waals surface area contributed by atoms with Crippen LogP contribution >= 0.6 is 0 Å². The summed E-state index contributed by atoms with van der Waals surface area (Å²) in [5.74, 6) is 2.20. The van der Waals surface area contributed by atoms with E-state index in [1.165, 1.54) is 35.8 Å². The van der Waals surface area contributed by atoms with Crippen molar-refractivity contribution >= 4 is 9.18 Å². The molecular weight excluding hydrogens is 678 g/mol. The molecule has 0 atom stereocenters. The van der Waals surface area contributed by atoms with E-state index in [1.807, 2.05) is 6.07 Å². The summed E-state index contributed by atoms with van der Waals surface area (Å²) in [6.45, 7) is 3.30. The first-order chi connectivity index (χ1) is 18.0. The Bertz CT molecular complexity index is 1040. The number of halogens is 1. The summed E-state index contributed by atoms with van der Waals surface area (Å²) in [7, 11) is 4.86. The molecule has 0 fully saturated rings. The maximum absolute atomic E-state index is 13.0. The molecule has 1 aliphatic heterocycles. The molecule has 1 aliphatic rings. The van der Waals surface area contributed by atoms with Crippen LogP contribution in [0.3, 0.4) is 0 Å². The van der Waals surface area contributed by atoms with E-state index >= 15 is 0 Å². The Hall–Kier alpha value is -2.16. The molecule has 10 heteroatoms. The number of hydrogen-bond donors (Lipinski definition) is 1. The van der Waals surface area contributed by atoms with Gasteiger partial charge in [0.2, 0.25) is 0 Å². The van der Waals surface area contributed by atoms with Crippen LogP contribution in [-0.4, -0.2) is 78.3 Å². The first kappa shape index (κ1) is 29.4. The van der Waals surface area contributed by atoms with Crippen LogP contribution in [0.25, 0.3) is 0 Å². The first-order valence-corrected chi connectivity index (χ1v) is 13.9. The number of carbonyl (C=O) groups is 1. The van der Waals surface area contributed by atoms with Gasteiger partial charge in [0.05, 0.1) is 14.2 Å². The summed E-state index contributed by atoms with van der Waals surface area (Å²) in [5, 5.41) is 3.01. The zero-order valence-electron chi connectivity index (χ0n) is 21.7. The van der Waals surface area contributed by atoms with Crippen molar-refractivity contribution in [1.29, 1.82) is 0 Å². The summed E-state index contributed by atoms with van der Waals surface area (Å²) in [5.41, 5.74) is 3.01. The Morgan fingerprint density at radius 2 is 1.70 bits per heavy atom. The van der Waals surface area contributed by atoms with Crippen LogP contribution in [0, 0.1) is 24.7 Å². The van der Waals surface area contributed by atoms with E-state index in [4.69, 9.17) is 23.7 Å². The number of carbonyl (C=O) groups excluding carboxylic acids is 1. The van der Waals surface area contributed by atoms with E-state index in [0.29, 0.717) is 23.6 Å². The molecule has 37 heavy (non-hydrogen) atoms. The van der Waals surface area contributed by atoms with E-state index < -0.39 is 6.67 Å². The van der Waals surface area contributed by atoms with Crippen molar-refractivity contribution in [1.82, 2.24) is 10.2 Å². The molecule has 1 amide bonds. The van der Waals surface area contributed by atoms with Crippen LogP contribution in [0.2, 0.25) is 0 Å². The molecule has 0 unspecified atom stereocenters. The van der Waals surface area contributed by atoms with Crippen LogP contribution in [-0.2, 0) is 17.7 Å². The third-order valence-electron chi connectivity index (χ3n) is 6.16. The molecule has 0 saturated carbocycles. The van der Waals surface area contributed by atoms with Crippen molar-refractivity contribution in [2.75, 3.05) is 67.5 Å². The zero-order chi connectivity index (χ0) is 26.6. The topological polar surface area (TPSA) is 78.5 Å². The Morgan fingerprint density at radius 1 is 0.973 bits per heavy atom. The van der Waals surface area contributed by atoms with Crippen molar-refractivity contribution in [3.63, 3.8) is 0 Å². The van der Waals surface area contributed by atoms with Crippen molar-refractivity contribution < 1.29 is 57.6 Å². The van der Waals surface area contributed by atoms with Gasteiger partial charge in [0.25, 0.3) is 0 Å². The summed E-state index contributed by atoms with van der Waals surface area (Å²) in [6.07, 6.45) is 2.81. The number of benzene rings is 2. The minimum absolute atomic E-state index is 0.0247. The van der Waals surface area contributed by atoms with Crippen molar-refractivity contribution in [2.24, 2.45) is 0 Å². The van der Waals surface area contributed by atoms with Crippen LogP contribution in [0.15, 0.2) is 24.3 Å². The van der Waals surface area contributed by atoms with E-state index in [9.17, 15) is 9.18 Å². The van der Waals surface area contributed by atoms with Crippen LogP contribution < -0.4 is 27.5 Å². The fraction of sp³-hybridized carbons (Fsp3) is 0.519. The normalized spacial score (nSPS) is 13.1. The summed E-state index contributed by atoms with van der Waals surface area (Å²) < 4.78 is 40.4.